The standard InChI is InChI=1S/C15H14O3/c1-3-7-13-12(15(16)17-2)10-14(18-13)11-8-5-4-6-9-11/h3-10H,1-2H3/b7-3+. The molecule has 0 bridgehead atoms. The molecule has 0 aliphatic carbocycles. The Balaban J connectivity index is 2.49. The third-order valence-electron chi connectivity index (χ3n) is 2.54. The monoisotopic (exact) mass is 242 g/mol. The van der Waals surface area contributed by atoms with Crippen LogP contribution >= 0.6 is 0 Å². The van der Waals surface area contributed by atoms with Gasteiger partial charge in [-0.3, -0.25) is 0 Å². The van der Waals surface area contributed by atoms with Crippen LogP contribution in [0.25, 0.3) is 17.4 Å². The van der Waals surface area contributed by atoms with Gasteiger partial charge in [0.25, 0.3) is 0 Å². The highest BCUT2D eigenvalue weighted by molar-refractivity contribution is 5.94. The van der Waals surface area contributed by atoms with E-state index in [4.69, 9.17) is 9.15 Å². The average Bonchev–Trinajstić information content (AvgIpc) is 2.83. The number of ether oxygens (including phenoxy) is 1. The molecule has 1 heterocycles. The fourth-order valence-electron chi connectivity index (χ4n) is 1.69. The van der Waals surface area contributed by atoms with Crippen LogP contribution in [0.3, 0.4) is 0 Å². The summed E-state index contributed by atoms with van der Waals surface area (Å²) >= 11 is 0. The maximum absolute atomic E-state index is 11.6. The van der Waals surface area contributed by atoms with Crippen molar-refractivity contribution in [2.45, 2.75) is 6.92 Å². The third-order valence-corrected chi connectivity index (χ3v) is 2.54. The van der Waals surface area contributed by atoms with E-state index in [1.165, 1.54) is 7.11 Å². The van der Waals surface area contributed by atoms with Gasteiger partial charge < -0.3 is 9.15 Å². The van der Waals surface area contributed by atoms with Crippen molar-refractivity contribution in [3.8, 4) is 11.3 Å². The van der Waals surface area contributed by atoms with Gasteiger partial charge in [0.05, 0.1) is 7.11 Å². The van der Waals surface area contributed by atoms with E-state index in [1.54, 1.807) is 12.1 Å². The van der Waals surface area contributed by atoms with Crippen LogP contribution in [0.5, 0.6) is 0 Å². The van der Waals surface area contributed by atoms with Gasteiger partial charge in [0, 0.05) is 5.56 Å². The number of esters is 1. The molecule has 0 aliphatic rings. The van der Waals surface area contributed by atoms with Gasteiger partial charge >= 0.3 is 5.97 Å². The van der Waals surface area contributed by atoms with Gasteiger partial charge in [0.15, 0.2) is 0 Å². The fourth-order valence-corrected chi connectivity index (χ4v) is 1.69. The molecule has 2 aromatic rings. The molecule has 0 N–H and O–H groups in total. The summed E-state index contributed by atoms with van der Waals surface area (Å²) in [5, 5.41) is 0. The van der Waals surface area contributed by atoms with Crippen molar-refractivity contribution >= 4 is 12.0 Å². The molecule has 92 valence electrons. The molecule has 0 unspecified atom stereocenters. The molecule has 0 fully saturated rings. The summed E-state index contributed by atoms with van der Waals surface area (Å²) in [7, 11) is 1.36. The number of furan rings is 1. The van der Waals surface area contributed by atoms with E-state index in [0.717, 1.165) is 5.56 Å². The molecule has 0 radical (unpaired) electrons. The van der Waals surface area contributed by atoms with Crippen molar-refractivity contribution in [2.75, 3.05) is 7.11 Å². The van der Waals surface area contributed by atoms with Gasteiger partial charge in [-0.2, -0.15) is 0 Å². The van der Waals surface area contributed by atoms with Gasteiger partial charge in [-0.1, -0.05) is 36.4 Å². The van der Waals surface area contributed by atoms with Crippen molar-refractivity contribution in [3.63, 3.8) is 0 Å². The Morgan fingerprint density at radius 2 is 2.00 bits per heavy atom. The first kappa shape index (κ1) is 12.2. The molecule has 0 spiro atoms. The number of allylic oxidation sites excluding steroid dienone is 1. The van der Waals surface area contributed by atoms with Crippen LogP contribution < -0.4 is 0 Å². The SMILES string of the molecule is C/C=C/c1oc(-c2ccccc2)cc1C(=O)OC. The lowest BCUT2D eigenvalue weighted by molar-refractivity contribution is 0.0599. The lowest BCUT2D eigenvalue weighted by Gasteiger charge is -1.94. The van der Waals surface area contributed by atoms with Gasteiger partial charge in [-0.15, -0.1) is 0 Å². The second-order valence-corrected chi connectivity index (χ2v) is 3.75. The number of carbonyl (C=O) groups excluding carboxylic acids is 1. The molecule has 18 heavy (non-hydrogen) atoms. The summed E-state index contributed by atoms with van der Waals surface area (Å²) in [6.07, 6.45) is 3.57. The molecule has 3 heteroatoms. The van der Waals surface area contributed by atoms with E-state index in [-0.39, 0.29) is 0 Å². The predicted molar refractivity (Wildman–Crippen MR) is 70.2 cm³/mol. The number of hydrogen-bond donors (Lipinski definition) is 0. The maximum atomic E-state index is 11.6. The molecule has 0 saturated heterocycles. The lowest BCUT2D eigenvalue weighted by Crippen LogP contribution is -2.00. The van der Waals surface area contributed by atoms with E-state index < -0.39 is 5.97 Å². The van der Waals surface area contributed by atoms with E-state index >= 15 is 0 Å². The molecule has 0 saturated carbocycles. The summed E-state index contributed by atoms with van der Waals surface area (Å²) in [6, 6.07) is 11.3. The minimum absolute atomic E-state index is 0.394. The van der Waals surface area contributed by atoms with E-state index in [9.17, 15) is 4.79 Å². The first-order chi connectivity index (χ1) is 8.76. The molecule has 2 rings (SSSR count). The summed E-state index contributed by atoms with van der Waals surface area (Å²) < 4.78 is 10.4. The van der Waals surface area contributed by atoms with Crippen molar-refractivity contribution in [2.24, 2.45) is 0 Å². The second-order valence-electron chi connectivity index (χ2n) is 3.75. The Hall–Kier alpha value is -2.29. The molecule has 3 nitrogen and oxygen atoms in total. The van der Waals surface area contributed by atoms with Gasteiger partial charge in [0.2, 0.25) is 0 Å². The summed E-state index contributed by atoms with van der Waals surface area (Å²) in [4.78, 5) is 11.6. The van der Waals surface area contributed by atoms with Crippen LogP contribution in [-0.2, 0) is 4.74 Å². The van der Waals surface area contributed by atoms with Gasteiger partial charge in [-0.25, -0.2) is 4.79 Å². The number of carbonyl (C=O) groups is 1. The highest BCUT2D eigenvalue weighted by Gasteiger charge is 2.17. The predicted octanol–water partition coefficient (Wildman–Crippen LogP) is 3.77. The topological polar surface area (TPSA) is 39.4 Å². The van der Waals surface area contributed by atoms with E-state index in [2.05, 4.69) is 0 Å². The second kappa shape index (κ2) is 5.36. The molecular weight excluding hydrogens is 228 g/mol. The van der Waals surface area contributed by atoms with Crippen LogP contribution in [0.2, 0.25) is 0 Å². The zero-order valence-corrected chi connectivity index (χ0v) is 10.3. The van der Waals surface area contributed by atoms with Crippen LogP contribution in [0, 0.1) is 0 Å². The highest BCUT2D eigenvalue weighted by atomic mass is 16.5. The van der Waals surface area contributed by atoms with Crippen LogP contribution in [0.4, 0.5) is 0 Å². The largest absolute Gasteiger partial charge is 0.465 e. The molecule has 1 aromatic carbocycles. The van der Waals surface area contributed by atoms with Gasteiger partial charge in [0.1, 0.15) is 17.1 Å². The van der Waals surface area contributed by atoms with E-state index in [0.29, 0.717) is 17.1 Å². The van der Waals surface area contributed by atoms with Gasteiger partial charge in [-0.05, 0) is 19.1 Å². The number of rotatable bonds is 3. The van der Waals surface area contributed by atoms with Crippen LogP contribution in [-0.4, -0.2) is 13.1 Å². The molecule has 1 aromatic heterocycles. The highest BCUT2D eigenvalue weighted by Crippen LogP contribution is 2.26. The zero-order chi connectivity index (χ0) is 13.0. The number of methoxy groups -OCH3 is 1. The van der Waals surface area contributed by atoms with Crippen LogP contribution in [0.1, 0.15) is 23.0 Å². The summed E-state index contributed by atoms with van der Waals surface area (Å²) in [5.74, 6) is 0.779. The third kappa shape index (κ3) is 2.35. The Kier molecular flexibility index (Phi) is 3.63. The minimum atomic E-state index is -0.394. The number of hydrogen-bond acceptors (Lipinski definition) is 3. The quantitative estimate of drug-likeness (QED) is 0.769. The smallest absolute Gasteiger partial charge is 0.341 e. The lowest BCUT2D eigenvalue weighted by atomic mass is 10.1. The normalized spacial score (nSPS) is 10.8. The van der Waals surface area contributed by atoms with Crippen molar-refractivity contribution in [1.29, 1.82) is 0 Å². The van der Waals surface area contributed by atoms with Crippen LogP contribution in [0.15, 0.2) is 46.9 Å². The minimum Gasteiger partial charge on any atom is -0.465 e. The zero-order valence-electron chi connectivity index (χ0n) is 10.3. The van der Waals surface area contributed by atoms with Crippen molar-refractivity contribution in [1.82, 2.24) is 0 Å². The fraction of sp³-hybridized carbons (Fsp3) is 0.133. The Morgan fingerprint density at radius 3 is 2.61 bits per heavy atom. The molecule has 0 aliphatic heterocycles. The number of benzene rings is 1. The maximum Gasteiger partial charge on any atom is 0.341 e. The molecule has 0 amide bonds. The first-order valence-corrected chi connectivity index (χ1v) is 5.66. The molecular formula is C15H14O3. The Morgan fingerprint density at radius 1 is 1.28 bits per heavy atom. The van der Waals surface area contributed by atoms with Crippen molar-refractivity contribution in [3.05, 3.63) is 53.8 Å². The average molecular weight is 242 g/mol. The Bertz CT molecular complexity index is 565. The molecule has 0 atom stereocenters. The summed E-state index contributed by atoms with van der Waals surface area (Å²) in [6.45, 7) is 1.87. The first-order valence-electron chi connectivity index (χ1n) is 5.66. The Labute approximate surface area is 106 Å². The summed E-state index contributed by atoms with van der Waals surface area (Å²) in [5.41, 5.74) is 1.37. The van der Waals surface area contributed by atoms with E-state index in [1.807, 2.05) is 43.3 Å². The van der Waals surface area contributed by atoms with Crippen molar-refractivity contribution < 1.29 is 13.9 Å².